The Balaban J connectivity index is 2.00. The number of carbonyl (C=O) groups excluding carboxylic acids is 2. The first-order valence-electron chi connectivity index (χ1n) is 13.4. The van der Waals surface area contributed by atoms with Gasteiger partial charge < -0.3 is 9.31 Å². The fourth-order valence-electron chi connectivity index (χ4n) is 4.79. The lowest BCUT2D eigenvalue weighted by atomic mass is 9.75. The number of carbonyl (C=O) groups is 2. The number of benzene rings is 2. The van der Waals surface area contributed by atoms with Gasteiger partial charge in [0.2, 0.25) is 0 Å². The van der Waals surface area contributed by atoms with Gasteiger partial charge in [-0.15, -0.1) is 0 Å². The molecule has 1 heterocycles. The Bertz CT molecular complexity index is 1170. The lowest BCUT2D eigenvalue weighted by Crippen LogP contribution is -2.56. The summed E-state index contributed by atoms with van der Waals surface area (Å²) >= 11 is 6.29. The molecule has 2 aromatic carbocycles. The summed E-state index contributed by atoms with van der Waals surface area (Å²) in [6.07, 6.45) is 1.58. The molecule has 8 heteroatoms. The second-order valence-corrected chi connectivity index (χ2v) is 12.8. The van der Waals surface area contributed by atoms with E-state index in [1.165, 1.54) is 5.01 Å². The van der Waals surface area contributed by atoms with Crippen LogP contribution in [-0.2, 0) is 9.31 Å². The molecule has 0 radical (unpaired) electrons. The maximum atomic E-state index is 13.9. The number of amides is 2. The average Bonchev–Trinajstić information content (AvgIpc) is 3.00. The average molecular weight is 541 g/mol. The lowest BCUT2D eigenvalue weighted by Gasteiger charge is -2.40. The number of aryl methyl sites for hydroxylation is 1. The molecule has 1 unspecified atom stereocenters. The highest BCUT2D eigenvalue weighted by Crippen LogP contribution is 2.37. The first-order chi connectivity index (χ1) is 17.5. The Hall–Kier alpha value is -2.35. The van der Waals surface area contributed by atoms with E-state index in [0.717, 1.165) is 29.4 Å². The molecule has 38 heavy (non-hydrogen) atoms. The molecule has 1 aliphatic heterocycles. The van der Waals surface area contributed by atoms with E-state index >= 15 is 0 Å². The molecular weight excluding hydrogens is 499 g/mol. The van der Waals surface area contributed by atoms with E-state index < -0.39 is 18.3 Å². The third-order valence-electron chi connectivity index (χ3n) is 7.73. The summed E-state index contributed by atoms with van der Waals surface area (Å²) in [7, 11) is -0.595. The van der Waals surface area contributed by atoms with E-state index in [1.807, 2.05) is 53.7 Å². The van der Waals surface area contributed by atoms with Crippen LogP contribution in [0.4, 0.5) is 0 Å². The zero-order chi connectivity index (χ0) is 28.6. The zero-order valence-corrected chi connectivity index (χ0v) is 25.2. The van der Waals surface area contributed by atoms with Crippen LogP contribution in [0.2, 0.25) is 5.02 Å². The summed E-state index contributed by atoms with van der Waals surface area (Å²) in [6.45, 7) is 20.1. The Labute approximate surface area is 233 Å². The summed E-state index contributed by atoms with van der Waals surface area (Å²) in [5, 5.41) is 1.98. The van der Waals surface area contributed by atoms with Gasteiger partial charge in [0.15, 0.2) is 0 Å². The molecule has 2 amide bonds. The Morgan fingerprint density at radius 3 is 2.18 bits per heavy atom. The summed E-state index contributed by atoms with van der Waals surface area (Å²) in [5.41, 5.74) is 5.00. The third-order valence-corrected chi connectivity index (χ3v) is 7.95. The van der Waals surface area contributed by atoms with Crippen molar-refractivity contribution < 1.29 is 18.9 Å². The third kappa shape index (κ3) is 6.27. The van der Waals surface area contributed by atoms with Crippen LogP contribution >= 0.6 is 11.6 Å². The van der Waals surface area contributed by atoms with Gasteiger partial charge in [0.1, 0.15) is 0 Å². The largest absolute Gasteiger partial charge is 0.495 e. The van der Waals surface area contributed by atoms with Crippen molar-refractivity contribution in [1.29, 1.82) is 0 Å². The van der Waals surface area contributed by atoms with E-state index in [4.69, 9.17) is 20.9 Å². The summed E-state index contributed by atoms with van der Waals surface area (Å²) in [6, 6.07) is 10.5. The normalized spacial score (nSPS) is 17.3. The molecule has 1 saturated heterocycles. The van der Waals surface area contributed by atoms with Crippen LogP contribution in [0.1, 0.15) is 100 Å². The molecule has 0 bridgehead atoms. The van der Waals surface area contributed by atoms with Crippen LogP contribution in [0.5, 0.6) is 0 Å². The van der Waals surface area contributed by atoms with Crippen molar-refractivity contribution in [2.75, 3.05) is 0 Å². The minimum absolute atomic E-state index is 0.241. The number of nitrogens with one attached hydrogen (secondary N) is 1. The van der Waals surface area contributed by atoms with Crippen molar-refractivity contribution in [3.63, 3.8) is 0 Å². The van der Waals surface area contributed by atoms with Gasteiger partial charge in [-0.3, -0.25) is 15.0 Å². The first kappa shape index (κ1) is 30.2. The fourth-order valence-corrected chi connectivity index (χ4v) is 5.08. The predicted octanol–water partition coefficient (Wildman–Crippen LogP) is 6.26. The number of rotatable bonds is 6. The van der Waals surface area contributed by atoms with Crippen LogP contribution < -0.4 is 10.9 Å². The molecule has 6 nitrogen and oxygen atoms in total. The minimum atomic E-state index is -0.595. The van der Waals surface area contributed by atoms with Crippen LogP contribution in [0.3, 0.4) is 0 Å². The van der Waals surface area contributed by atoms with Crippen molar-refractivity contribution in [3.05, 3.63) is 63.7 Å². The number of hydrogen-bond acceptors (Lipinski definition) is 4. The lowest BCUT2D eigenvalue weighted by molar-refractivity contribution is 0.00578. The molecule has 1 N–H and O–H groups in total. The molecule has 206 valence electrons. The highest BCUT2D eigenvalue weighted by Gasteiger charge is 2.52. The van der Waals surface area contributed by atoms with Gasteiger partial charge in [-0.2, -0.15) is 0 Å². The maximum absolute atomic E-state index is 13.9. The van der Waals surface area contributed by atoms with Crippen LogP contribution in [-0.4, -0.2) is 41.2 Å². The molecule has 1 fully saturated rings. The van der Waals surface area contributed by atoms with Gasteiger partial charge in [0, 0.05) is 16.1 Å². The summed E-state index contributed by atoms with van der Waals surface area (Å²) < 4.78 is 12.5. The smallest absolute Gasteiger partial charge is 0.399 e. The van der Waals surface area contributed by atoms with Gasteiger partial charge >= 0.3 is 7.12 Å². The molecule has 3 rings (SSSR count). The Morgan fingerprint density at radius 2 is 1.66 bits per heavy atom. The van der Waals surface area contributed by atoms with Crippen molar-refractivity contribution in [3.8, 4) is 0 Å². The molecule has 0 saturated carbocycles. The molecule has 2 aromatic rings. The van der Waals surface area contributed by atoms with Gasteiger partial charge in [0.25, 0.3) is 11.8 Å². The van der Waals surface area contributed by atoms with Crippen molar-refractivity contribution >= 4 is 36.0 Å². The highest BCUT2D eigenvalue weighted by atomic mass is 35.5. The SMILES string of the molecule is CCCC(N(NC(=O)c1cccc(B2OC(C)(C)C(C)(C)O2)c1C)C(=O)c1cc(C)cc(Cl)c1)C(C)(C)C. The van der Waals surface area contributed by atoms with Crippen molar-refractivity contribution in [1.82, 2.24) is 10.4 Å². The number of hydrogen-bond donors (Lipinski definition) is 1. The monoisotopic (exact) mass is 540 g/mol. The first-order valence-corrected chi connectivity index (χ1v) is 13.7. The molecule has 0 spiro atoms. The topological polar surface area (TPSA) is 67.9 Å². The molecule has 1 aliphatic rings. The van der Waals surface area contributed by atoms with Crippen LogP contribution in [0.15, 0.2) is 36.4 Å². The maximum Gasteiger partial charge on any atom is 0.495 e. The summed E-state index contributed by atoms with van der Waals surface area (Å²) in [5.74, 6) is -0.657. The van der Waals surface area contributed by atoms with Gasteiger partial charge in [-0.25, -0.2) is 5.01 Å². The quantitative estimate of drug-likeness (QED) is 0.347. The number of halogens is 1. The fraction of sp³-hybridized carbons (Fsp3) is 0.533. The number of nitrogens with zero attached hydrogens (tertiary/aromatic N) is 1. The Kier molecular flexibility index (Phi) is 8.77. The molecule has 0 aliphatic carbocycles. The predicted molar refractivity (Wildman–Crippen MR) is 155 cm³/mol. The standard InChI is InChI=1S/C30H42BClN2O4/c1-11-13-25(28(4,5)6)34(27(36)21-16-19(2)17-22(32)18-21)33-26(35)23-14-12-15-24(20(23)3)31-37-29(7,8)30(9,10)38-31/h12,14-18,25H,11,13H2,1-10H3,(H,33,35). The molecular formula is C30H42BClN2O4. The second-order valence-electron chi connectivity index (χ2n) is 12.4. The van der Waals surface area contributed by atoms with Gasteiger partial charge in [-0.1, -0.05) is 57.8 Å². The summed E-state index contributed by atoms with van der Waals surface area (Å²) in [4.78, 5) is 27.7. The van der Waals surface area contributed by atoms with E-state index in [-0.39, 0.29) is 23.3 Å². The van der Waals surface area contributed by atoms with Crippen LogP contribution in [0, 0.1) is 19.3 Å². The number of hydrazine groups is 1. The van der Waals surface area contributed by atoms with Crippen molar-refractivity contribution in [2.45, 2.75) is 99.3 Å². The van der Waals surface area contributed by atoms with E-state index in [1.54, 1.807) is 24.3 Å². The second kappa shape index (κ2) is 11.0. The van der Waals surface area contributed by atoms with Crippen LogP contribution in [0.25, 0.3) is 0 Å². The van der Waals surface area contributed by atoms with Gasteiger partial charge in [0.05, 0.1) is 17.2 Å². The minimum Gasteiger partial charge on any atom is -0.399 e. The molecule has 1 atom stereocenters. The highest BCUT2D eigenvalue weighted by molar-refractivity contribution is 6.62. The van der Waals surface area contributed by atoms with E-state index in [2.05, 4.69) is 33.1 Å². The van der Waals surface area contributed by atoms with E-state index in [0.29, 0.717) is 16.1 Å². The zero-order valence-electron chi connectivity index (χ0n) is 24.5. The van der Waals surface area contributed by atoms with E-state index in [9.17, 15) is 9.59 Å². The van der Waals surface area contributed by atoms with Gasteiger partial charge in [-0.05, 0) is 94.2 Å². The molecule has 0 aromatic heterocycles. The Morgan fingerprint density at radius 1 is 1.05 bits per heavy atom. The van der Waals surface area contributed by atoms with Crippen molar-refractivity contribution in [2.24, 2.45) is 5.41 Å².